The SMILES string of the molecule is Cc1cc(C(=O)Nc2ccc(-c3cnco3)cc2)c(C)n1Cc1ccccc1. The van der Waals surface area contributed by atoms with Crippen LogP contribution in [0.15, 0.2) is 77.7 Å². The van der Waals surface area contributed by atoms with E-state index in [-0.39, 0.29) is 5.91 Å². The molecule has 0 aliphatic rings. The van der Waals surface area contributed by atoms with Crippen molar-refractivity contribution in [2.75, 3.05) is 5.32 Å². The Labute approximate surface area is 163 Å². The van der Waals surface area contributed by atoms with Gasteiger partial charge in [-0.25, -0.2) is 4.98 Å². The number of nitrogens with one attached hydrogen (secondary N) is 1. The van der Waals surface area contributed by atoms with E-state index in [0.29, 0.717) is 11.3 Å². The minimum atomic E-state index is -0.111. The summed E-state index contributed by atoms with van der Waals surface area (Å²) in [6.07, 6.45) is 3.06. The van der Waals surface area contributed by atoms with Gasteiger partial charge in [0.15, 0.2) is 12.2 Å². The Hall–Kier alpha value is -3.60. The average Bonchev–Trinajstić information content (AvgIpc) is 3.34. The molecule has 0 aliphatic heterocycles. The minimum Gasteiger partial charge on any atom is -0.444 e. The van der Waals surface area contributed by atoms with E-state index >= 15 is 0 Å². The van der Waals surface area contributed by atoms with Gasteiger partial charge < -0.3 is 14.3 Å². The Balaban J connectivity index is 1.51. The topological polar surface area (TPSA) is 60.1 Å². The summed E-state index contributed by atoms with van der Waals surface area (Å²) >= 11 is 0. The van der Waals surface area contributed by atoms with Crippen molar-refractivity contribution in [1.82, 2.24) is 9.55 Å². The fourth-order valence-corrected chi connectivity index (χ4v) is 3.31. The van der Waals surface area contributed by atoms with E-state index in [9.17, 15) is 4.79 Å². The van der Waals surface area contributed by atoms with Gasteiger partial charge in [0.05, 0.1) is 11.8 Å². The molecular weight excluding hydrogens is 350 g/mol. The predicted molar refractivity (Wildman–Crippen MR) is 109 cm³/mol. The molecule has 28 heavy (non-hydrogen) atoms. The number of amides is 1. The van der Waals surface area contributed by atoms with E-state index in [2.05, 4.69) is 27.0 Å². The number of nitrogens with zero attached hydrogens (tertiary/aromatic N) is 2. The number of hydrogen-bond donors (Lipinski definition) is 1. The summed E-state index contributed by atoms with van der Waals surface area (Å²) in [4.78, 5) is 16.7. The zero-order valence-electron chi connectivity index (χ0n) is 15.8. The van der Waals surface area contributed by atoms with Crippen LogP contribution in [0.4, 0.5) is 5.69 Å². The maximum Gasteiger partial charge on any atom is 0.257 e. The molecule has 0 radical (unpaired) electrons. The number of hydrogen-bond acceptors (Lipinski definition) is 3. The van der Waals surface area contributed by atoms with Crippen LogP contribution in [-0.2, 0) is 6.54 Å². The van der Waals surface area contributed by atoms with Crippen molar-refractivity contribution >= 4 is 11.6 Å². The summed E-state index contributed by atoms with van der Waals surface area (Å²) < 4.78 is 7.45. The van der Waals surface area contributed by atoms with Gasteiger partial charge in [-0.05, 0) is 49.7 Å². The molecule has 5 heteroatoms. The van der Waals surface area contributed by atoms with Gasteiger partial charge >= 0.3 is 0 Å². The number of aromatic nitrogens is 2. The molecule has 140 valence electrons. The van der Waals surface area contributed by atoms with Crippen LogP contribution in [0.25, 0.3) is 11.3 Å². The lowest BCUT2D eigenvalue weighted by Crippen LogP contribution is -2.13. The highest BCUT2D eigenvalue weighted by molar-refractivity contribution is 6.05. The highest BCUT2D eigenvalue weighted by atomic mass is 16.3. The Morgan fingerprint density at radius 1 is 1.07 bits per heavy atom. The zero-order valence-corrected chi connectivity index (χ0v) is 15.8. The molecule has 0 unspecified atom stereocenters. The molecule has 0 spiro atoms. The van der Waals surface area contributed by atoms with E-state index in [1.807, 2.05) is 62.4 Å². The maximum absolute atomic E-state index is 12.8. The lowest BCUT2D eigenvalue weighted by atomic mass is 10.1. The molecule has 5 nitrogen and oxygen atoms in total. The van der Waals surface area contributed by atoms with Crippen molar-refractivity contribution in [3.8, 4) is 11.3 Å². The van der Waals surface area contributed by atoms with Crippen LogP contribution in [0.5, 0.6) is 0 Å². The van der Waals surface area contributed by atoms with Crippen LogP contribution >= 0.6 is 0 Å². The van der Waals surface area contributed by atoms with E-state index in [1.54, 1.807) is 6.20 Å². The van der Waals surface area contributed by atoms with Gasteiger partial charge in [0.1, 0.15) is 0 Å². The lowest BCUT2D eigenvalue weighted by molar-refractivity contribution is 0.102. The Bertz CT molecular complexity index is 1080. The molecule has 2 heterocycles. The van der Waals surface area contributed by atoms with Crippen LogP contribution in [0.3, 0.4) is 0 Å². The fraction of sp³-hybridized carbons (Fsp3) is 0.130. The van der Waals surface area contributed by atoms with Gasteiger partial charge in [-0.1, -0.05) is 30.3 Å². The average molecular weight is 371 g/mol. The molecule has 0 saturated carbocycles. The fourth-order valence-electron chi connectivity index (χ4n) is 3.31. The minimum absolute atomic E-state index is 0.111. The zero-order chi connectivity index (χ0) is 19.5. The second-order valence-electron chi connectivity index (χ2n) is 6.75. The number of aryl methyl sites for hydroxylation is 1. The number of carbonyl (C=O) groups excluding carboxylic acids is 1. The standard InChI is InChI=1S/C23H21N3O2/c1-16-12-21(17(2)26(16)14-18-6-4-3-5-7-18)23(27)25-20-10-8-19(9-11-20)22-13-24-15-28-22/h3-13,15H,14H2,1-2H3,(H,25,27). The molecule has 0 saturated heterocycles. The number of oxazole rings is 1. The van der Waals surface area contributed by atoms with Crippen LogP contribution in [0.1, 0.15) is 27.3 Å². The van der Waals surface area contributed by atoms with Crippen molar-refractivity contribution < 1.29 is 9.21 Å². The van der Waals surface area contributed by atoms with E-state index in [0.717, 1.165) is 29.2 Å². The van der Waals surface area contributed by atoms with Gasteiger partial charge in [0.2, 0.25) is 0 Å². The second-order valence-corrected chi connectivity index (χ2v) is 6.75. The molecule has 0 aliphatic carbocycles. The van der Waals surface area contributed by atoms with E-state index in [1.165, 1.54) is 12.0 Å². The predicted octanol–water partition coefficient (Wildman–Crippen LogP) is 5.06. The first-order valence-corrected chi connectivity index (χ1v) is 9.13. The number of anilines is 1. The molecule has 4 rings (SSSR count). The summed E-state index contributed by atoms with van der Waals surface area (Å²) in [5.41, 5.74) is 5.56. The van der Waals surface area contributed by atoms with Gasteiger partial charge in [0, 0.05) is 29.2 Å². The molecule has 0 bridgehead atoms. The monoisotopic (exact) mass is 371 g/mol. The summed E-state index contributed by atoms with van der Waals surface area (Å²) in [6.45, 7) is 4.76. The highest BCUT2D eigenvalue weighted by Gasteiger charge is 2.16. The third-order valence-electron chi connectivity index (χ3n) is 4.86. The summed E-state index contributed by atoms with van der Waals surface area (Å²) in [6, 6.07) is 19.7. The Morgan fingerprint density at radius 2 is 1.82 bits per heavy atom. The van der Waals surface area contributed by atoms with Gasteiger partial charge in [-0.15, -0.1) is 0 Å². The molecule has 4 aromatic rings. The van der Waals surface area contributed by atoms with Crippen molar-refractivity contribution in [3.05, 3.63) is 95.8 Å². The molecule has 2 aromatic heterocycles. The quantitative estimate of drug-likeness (QED) is 0.533. The molecule has 1 amide bonds. The van der Waals surface area contributed by atoms with E-state index in [4.69, 9.17) is 4.42 Å². The van der Waals surface area contributed by atoms with Crippen LogP contribution in [0.2, 0.25) is 0 Å². The lowest BCUT2D eigenvalue weighted by Gasteiger charge is -2.10. The van der Waals surface area contributed by atoms with Crippen molar-refractivity contribution in [1.29, 1.82) is 0 Å². The number of rotatable bonds is 5. The van der Waals surface area contributed by atoms with Crippen LogP contribution < -0.4 is 5.32 Å². The first-order valence-electron chi connectivity index (χ1n) is 9.13. The smallest absolute Gasteiger partial charge is 0.257 e. The number of carbonyl (C=O) groups is 1. The van der Waals surface area contributed by atoms with Crippen molar-refractivity contribution in [2.24, 2.45) is 0 Å². The van der Waals surface area contributed by atoms with Crippen LogP contribution in [-0.4, -0.2) is 15.5 Å². The van der Waals surface area contributed by atoms with E-state index < -0.39 is 0 Å². The van der Waals surface area contributed by atoms with Crippen molar-refractivity contribution in [2.45, 2.75) is 20.4 Å². The van der Waals surface area contributed by atoms with Gasteiger partial charge in [-0.3, -0.25) is 4.79 Å². The highest BCUT2D eigenvalue weighted by Crippen LogP contribution is 2.22. The first-order chi connectivity index (χ1) is 13.6. The molecule has 2 aromatic carbocycles. The molecular formula is C23H21N3O2. The Kier molecular flexibility index (Phi) is 4.81. The normalized spacial score (nSPS) is 10.8. The Morgan fingerprint density at radius 3 is 2.50 bits per heavy atom. The second kappa shape index (κ2) is 7.56. The first kappa shape index (κ1) is 17.8. The molecule has 0 fully saturated rings. The molecule has 1 N–H and O–H groups in total. The molecule has 0 atom stereocenters. The number of benzene rings is 2. The largest absolute Gasteiger partial charge is 0.444 e. The van der Waals surface area contributed by atoms with Gasteiger partial charge in [0.25, 0.3) is 5.91 Å². The van der Waals surface area contributed by atoms with Crippen LogP contribution in [0, 0.1) is 13.8 Å². The summed E-state index contributed by atoms with van der Waals surface area (Å²) in [5.74, 6) is 0.585. The summed E-state index contributed by atoms with van der Waals surface area (Å²) in [5, 5.41) is 2.98. The van der Waals surface area contributed by atoms with Crippen molar-refractivity contribution in [3.63, 3.8) is 0 Å². The maximum atomic E-state index is 12.8. The van der Waals surface area contributed by atoms with Gasteiger partial charge in [-0.2, -0.15) is 0 Å². The third-order valence-corrected chi connectivity index (χ3v) is 4.86. The summed E-state index contributed by atoms with van der Waals surface area (Å²) in [7, 11) is 0. The third kappa shape index (κ3) is 3.60.